The molecule has 176 valence electrons. The molecule has 2 aromatic heterocycles. The first-order valence-corrected chi connectivity index (χ1v) is 11.3. The fourth-order valence-corrected chi connectivity index (χ4v) is 4.18. The van der Waals surface area contributed by atoms with Crippen molar-refractivity contribution in [3.05, 3.63) is 63.3 Å². The first-order chi connectivity index (χ1) is 16.3. The summed E-state index contributed by atoms with van der Waals surface area (Å²) in [7, 11) is 3.05. The molecule has 0 saturated heterocycles. The largest absolute Gasteiger partial charge is 0.493 e. The molecule has 1 N–H and O–H groups in total. The first kappa shape index (κ1) is 23.3. The lowest BCUT2D eigenvalue weighted by atomic mass is 10.1. The third kappa shape index (κ3) is 4.47. The number of amides is 1. The second kappa shape index (κ2) is 9.56. The van der Waals surface area contributed by atoms with E-state index in [0.717, 1.165) is 10.6 Å². The van der Waals surface area contributed by atoms with Crippen molar-refractivity contribution in [1.29, 1.82) is 0 Å². The summed E-state index contributed by atoms with van der Waals surface area (Å²) < 4.78 is 22.7. The van der Waals surface area contributed by atoms with Crippen LogP contribution in [-0.2, 0) is 4.79 Å². The SMILES string of the molecule is COc1ccc(-c2oc3ccccc3c(=O)c2OC(C)C(=O)Nc2nc(C)c(C)s2)cc1OC. The van der Waals surface area contributed by atoms with E-state index >= 15 is 0 Å². The minimum atomic E-state index is -0.993. The molecule has 1 atom stereocenters. The quantitative estimate of drug-likeness (QED) is 0.399. The van der Waals surface area contributed by atoms with Gasteiger partial charge in [0.1, 0.15) is 5.58 Å². The standard InChI is InChI=1S/C25H24N2O6S/c1-13-15(3)34-25(26-13)27-24(29)14(2)32-23-21(28)17-8-6-7-9-18(17)33-22(23)16-10-11-19(30-4)20(12-16)31-5/h6-12,14H,1-5H3,(H,26,27,29). The van der Waals surface area contributed by atoms with Crippen LogP contribution in [0.25, 0.3) is 22.3 Å². The lowest BCUT2D eigenvalue weighted by Gasteiger charge is -2.17. The Morgan fingerprint density at radius 2 is 1.82 bits per heavy atom. The number of methoxy groups -OCH3 is 2. The summed E-state index contributed by atoms with van der Waals surface area (Å²) in [5, 5.41) is 3.57. The number of ether oxygens (including phenoxy) is 3. The summed E-state index contributed by atoms with van der Waals surface area (Å²) in [6, 6.07) is 12.0. The highest BCUT2D eigenvalue weighted by Crippen LogP contribution is 2.37. The molecule has 0 radical (unpaired) electrons. The van der Waals surface area contributed by atoms with Crippen molar-refractivity contribution in [2.75, 3.05) is 19.5 Å². The summed E-state index contributed by atoms with van der Waals surface area (Å²) >= 11 is 1.37. The van der Waals surface area contributed by atoms with E-state index in [9.17, 15) is 9.59 Å². The van der Waals surface area contributed by atoms with Crippen LogP contribution in [0.1, 0.15) is 17.5 Å². The van der Waals surface area contributed by atoms with E-state index in [4.69, 9.17) is 18.6 Å². The van der Waals surface area contributed by atoms with Gasteiger partial charge in [-0.3, -0.25) is 14.9 Å². The zero-order valence-electron chi connectivity index (χ0n) is 19.4. The molecule has 8 nitrogen and oxygen atoms in total. The lowest BCUT2D eigenvalue weighted by Crippen LogP contribution is -2.31. The highest BCUT2D eigenvalue weighted by atomic mass is 32.1. The number of nitrogens with zero attached hydrogens (tertiary/aromatic N) is 1. The molecule has 0 fully saturated rings. The number of carbonyl (C=O) groups excluding carboxylic acids is 1. The van der Waals surface area contributed by atoms with Gasteiger partial charge in [-0.2, -0.15) is 0 Å². The van der Waals surface area contributed by atoms with E-state index < -0.39 is 12.0 Å². The average molecular weight is 481 g/mol. The van der Waals surface area contributed by atoms with Crippen LogP contribution in [0.4, 0.5) is 5.13 Å². The molecule has 4 rings (SSSR count). The molecule has 0 aliphatic heterocycles. The number of hydrogen-bond donors (Lipinski definition) is 1. The molecule has 34 heavy (non-hydrogen) atoms. The maximum absolute atomic E-state index is 13.4. The van der Waals surface area contributed by atoms with E-state index in [1.54, 1.807) is 49.4 Å². The summed E-state index contributed by atoms with van der Waals surface area (Å²) in [5.41, 5.74) is 1.40. The summed E-state index contributed by atoms with van der Waals surface area (Å²) in [6.45, 7) is 5.37. The number of hydrogen-bond acceptors (Lipinski definition) is 8. The Bertz CT molecular complexity index is 1410. The van der Waals surface area contributed by atoms with Crippen LogP contribution in [-0.4, -0.2) is 31.2 Å². The van der Waals surface area contributed by atoms with Gasteiger partial charge < -0.3 is 18.6 Å². The van der Waals surface area contributed by atoms with Gasteiger partial charge in [0.05, 0.1) is 25.3 Å². The molecule has 0 bridgehead atoms. The van der Waals surface area contributed by atoms with Gasteiger partial charge >= 0.3 is 0 Å². The van der Waals surface area contributed by atoms with Crippen LogP contribution < -0.4 is 25.0 Å². The molecule has 1 amide bonds. The van der Waals surface area contributed by atoms with Gasteiger partial charge in [0, 0.05) is 10.4 Å². The van der Waals surface area contributed by atoms with Crippen LogP contribution in [0.2, 0.25) is 0 Å². The van der Waals surface area contributed by atoms with Crippen molar-refractivity contribution >= 4 is 33.3 Å². The monoisotopic (exact) mass is 480 g/mol. The molecule has 0 spiro atoms. The molecular formula is C25H24N2O6S. The van der Waals surface area contributed by atoms with Gasteiger partial charge in [0.25, 0.3) is 5.91 Å². The van der Waals surface area contributed by atoms with E-state index in [1.165, 1.54) is 25.6 Å². The normalized spacial score (nSPS) is 11.8. The molecule has 4 aromatic rings. The van der Waals surface area contributed by atoms with E-state index in [0.29, 0.717) is 33.2 Å². The van der Waals surface area contributed by atoms with Gasteiger partial charge in [0.2, 0.25) is 11.2 Å². The van der Waals surface area contributed by atoms with E-state index in [2.05, 4.69) is 10.3 Å². The van der Waals surface area contributed by atoms with Crippen LogP contribution in [0, 0.1) is 13.8 Å². The predicted molar refractivity (Wildman–Crippen MR) is 131 cm³/mol. The maximum Gasteiger partial charge on any atom is 0.266 e. The van der Waals surface area contributed by atoms with Gasteiger partial charge in [-0.1, -0.05) is 12.1 Å². The first-order valence-electron chi connectivity index (χ1n) is 10.5. The zero-order chi connectivity index (χ0) is 24.4. The topological polar surface area (TPSA) is 99.9 Å². The molecule has 9 heteroatoms. The zero-order valence-corrected chi connectivity index (χ0v) is 20.2. The predicted octanol–water partition coefficient (Wildman–Crippen LogP) is 4.96. The van der Waals surface area contributed by atoms with Crippen LogP contribution in [0.3, 0.4) is 0 Å². The number of fused-ring (bicyclic) bond motifs is 1. The molecule has 0 aliphatic carbocycles. The van der Waals surface area contributed by atoms with Crippen molar-refractivity contribution in [3.8, 4) is 28.6 Å². The van der Waals surface area contributed by atoms with Crippen molar-refractivity contribution in [2.45, 2.75) is 26.9 Å². The Morgan fingerprint density at radius 3 is 2.50 bits per heavy atom. The summed E-state index contributed by atoms with van der Waals surface area (Å²) in [4.78, 5) is 31.5. The van der Waals surface area contributed by atoms with E-state index in [-0.39, 0.29) is 16.9 Å². The van der Waals surface area contributed by atoms with Crippen molar-refractivity contribution in [1.82, 2.24) is 4.98 Å². The average Bonchev–Trinajstić information content (AvgIpc) is 3.16. The highest BCUT2D eigenvalue weighted by molar-refractivity contribution is 7.15. The number of thiazole rings is 1. The Balaban J connectivity index is 1.76. The molecule has 2 aromatic carbocycles. The molecule has 0 aliphatic rings. The Labute approximate surface area is 200 Å². The van der Waals surface area contributed by atoms with Gasteiger partial charge in [-0.15, -0.1) is 11.3 Å². The number of rotatable bonds is 7. The summed E-state index contributed by atoms with van der Waals surface area (Å²) in [6.07, 6.45) is -0.993. The van der Waals surface area contributed by atoms with Crippen molar-refractivity contribution in [2.24, 2.45) is 0 Å². The molecule has 0 saturated carbocycles. The number of aromatic nitrogens is 1. The second-order valence-electron chi connectivity index (χ2n) is 7.57. The smallest absolute Gasteiger partial charge is 0.266 e. The van der Waals surface area contributed by atoms with Gasteiger partial charge in [0.15, 0.2) is 28.5 Å². The molecule has 2 heterocycles. The fraction of sp³-hybridized carbons (Fsp3) is 0.240. The Kier molecular flexibility index (Phi) is 6.56. The Hall–Kier alpha value is -3.85. The van der Waals surface area contributed by atoms with E-state index in [1.807, 2.05) is 13.8 Å². The Morgan fingerprint density at radius 1 is 1.09 bits per heavy atom. The fourth-order valence-electron chi connectivity index (χ4n) is 3.36. The number of carbonyl (C=O) groups is 1. The highest BCUT2D eigenvalue weighted by Gasteiger charge is 2.24. The number of benzene rings is 2. The lowest BCUT2D eigenvalue weighted by molar-refractivity contribution is -0.122. The van der Waals surface area contributed by atoms with Crippen LogP contribution in [0.5, 0.6) is 17.2 Å². The number of aryl methyl sites for hydroxylation is 2. The second-order valence-corrected chi connectivity index (χ2v) is 8.77. The van der Waals surface area contributed by atoms with Crippen molar-refractivity contribution in [3.63, 3.8) is 0 Å². The summed E-state index contributed by atoms with van der Waals surface area (Å²) in [5.74, 6) is 0.672. The number of para-hydroxylation sites is 1. The number of anilines is 1. The third-order valence-corrected chi connectivity index (χ3v) is 6.31. The third-order valence-electron chi connectivity index (χ3n) is 5.32. The molecule has 1 unspecified atom stereocenters. The number of nitrogens with one attached hydrogen (secondary N) is 1. The maximum atomic E-state index is 13.4. The van der Waals surface area contributed by atoms with Crippen LogP contribution in [0.15, 0.2) is 51.7 Å². The van der Waals surface area contributed by atoms with Gasteiger partial charge in [-0.05, 0) is 51.1 Å². The molecular weight excluding hydrogens is 456 g/mol. The minimum absolute atomic E-state index is 0.0694. The van der Waals surface area contributed by atoms with Crippen LogP contribution >= 0.6 is 11.3 Å². The van der Waals surface area contributed by atoms with Crippen molar-refractivity contribution < 1.29 is 23.4 Å². The minimum Gasteiger partial charge on any atom is -0.493 e. The van der Waals surface area contributed by atoms with Gasteiger partial charge in [-0.25, -0.2) is 4.98 Å².